The van der Waals surface area contributed by atoms with Gasteiger partial charge in [-0.2, -0.15) is 0 Å². The molecule has 0 saturated heterocycles. The van der Waals surface area contributed by atoms with Gasteiger partial charge in [-0.15, -0.1) is 5.48 Å². The molecule has 0 unspecified atom stereocenters. The van der Waals surface area contributed by atoms with Crippen LogP contribution in [0.2, 0.25) is 0 Å². The molecular formula is C12H16N2O4. The first-order valence-corrected chi connectivity index (χ1v) is 5.51. The Bertz CT molecular complexity index is 394. The van der Waals surface area contributed by atoms with Crippen molar-refractivity contribution in [3.05, 3.63) is 35.9 Å². The van der Waals surface area contributed by atoms with Gasteiger partial charge < -0.3 is 14.5 Å². The first-order chi connectivity index (χ1) is 8.67. The lowest BCUT2D eigenvalue weighted by molar-refractivity contribution is 0.0476. The molecule has 0 aliphatic rings. The van der Waals surface area contributed by atoms with Crippen molar-refractivity contribution < 1.29 is 19.2 Å². The van der Waals surface area contributed by atoms with Crippen molar-refractivity contribution in [1.82, 2.24) is 10.4 Å². The molecule has 1 aromatic carbocycles. The molecule has 0 bridgehead atoms. The van der Waals surface area contributed by atoms with E-state index < -0.39 is 12.2 Å². The SMILES string of the molecule is CCN(Cc1ccccc1)C(=O)ONC(=O)OC. The van der Waals surface area contributed by atoms with E-state index >= 15 is 0 Å². The van der Waals surface area contributed by atoms with Gasteiger partial charge in [-0.05, 0) is 12.5 Å². The zero-order chi connectivity index (χ0) is 13.4. The Hall–Kier alpha value is -2.24. The van der Waals surface area contributed by atoms with Crippen LogP contribution in [0.3, 0.4) is 0 Å². The van der Waals surface area contributed by atoms with E-state index in [1.807, 2.05) is 42.7 Å². The van der Waals surface area contributed by atoms with Crippen molar-refractivity contribution in [2.24, 2.45) is 0 Å². The maximum Gasteiger partial charge on any atom is 0.440 e. The van der Waals surface area contributed by atoms with Crippen LogP contribution in [0.25, 0.3) is 0 Å². The molecule has 1 aromatic rings. The molecule has 2 amide bonds. The van der Waals surface area contributed by atoms with Crippen molar-refractivity contribution in [3.8, 4) is 0 Å². The van der Waals surface area contributed by atoms with Gasteiger partial charge in [-0.25, -0.2) is 9.59 Å². The first-order valence-electron chi connectivity index (χ1n) is 5.51. The van der Waals surface area contributed by atoms with E-state index in [2.05, 4.69) is 9.57 Å². The van der Waals surface area contributed by atoms with Gasteiger partial charge in [0.15, 0.2) is 0 Å². The number of carbonyl (C=O) groups is 2. The summed E-state index contributed by atoms with van der Waals surface area (Å²) < 4.78 is 4.29. The lowest BCUT2D eigenvalue weighted by Gasteiger charge is -2.19. The summed E-state index contributed by atoms with van der Waals surface area (Å²) in [6, 6.07) is 9.49. The number of carbonyl (C=O) groups excluding carboxylic acids is 2. The van der Waals surface area contributed by atoms with Crippen LogP contribution in [-0.2, 0) is 16.1 Å². The molecule has 1 N–H and O–H groups in total. The standard InChI is InChI=1S/C12H16N2O4/c1-3-14(9-10-7-5-4-6-8-10)12(16)18-13-11(15)17-2/h4-8H,3,9H2,1-2H3,(H,13,15). The highest BCUT2D eigenvalue weighted by atomic mass is 16.7. The number of rotatable bonds is 3. The fourth-order valence-electron chi connectivity index (χ4n) is 1.30. The number of hydroxylamine groups is 1. The highest BCUT2D eigenvalue weighted by Crippen LogP contribution is 2.05. The Morgan fingerprint density at radius 3 is 2.50 bits per heavy atom. The second-order valence-electron chi connectivity index (χ2n) is 3.46. The monoisotopic (exact) mass is 252 g/mol. The molecule has 0 fully saturated rings. The van der Waals surface area contributed by atoms with Crippen LogP contribution in [0.5, 0.6) is 0 Å². The molecule has 0 saturated carbocycles. The Morgan fingerprint density at radius 2 is 1.94 bits per heavy atom. The van der Waals surface area contributed by atoms with E-state index in [1.165, 1.54) is 12.0 Å². The lowest BCUT2D eigenvalue weighted by atomic mass is 10.2. The van der Waals surface area contributed by atoms with Crippen molar-refractivity contribution in [2.45, 2.75) is 13.5 Å². The molecule has 0 radical (unpaired) electrons. The summed E-state index contributed by atoms with van der Waals surface area (Å²) in [5.74, 6) is 0. The molecule has 6 heteroatoms. The third kappa shape index (κ3) is 4.32. The second-order valence-corrected chi connectivity index (χ2v) is 3.46. The molecule has 0 aromatic heterocycles. The number of nitrogens with zero attached hydrogens (tertiary/aromatic N) is 1. The Labute approximate surface area is 105 Å². The Kier molecular flexibility index (Phi) is 5.50. The summed E-state index contributed by atoms with van der Waals surface area (Å²) in [6.07, 6.45) is -1.45. The second kappa shape index (κ2) is 7.16. The van der Waals surface area contributed by atoms with E-state index in [4.69, 9.17) is 0 Å². The molecule has 18 heavy (non-hydrogen) atoms. The van der Waals surface area contributed by atoms with E-state index in [0.29, 0.717) is 13.1 Å². The summed E-state index contributed by atoms with van der Waals surface area (Å²) in [4.78, 5) is 28.4. The summed E-state index contributed by atoms with van der Waals surface area (Å²) in [5.41, 5.74) is 2.86. The molecule has 0 aliphatic heterocycles. The van der Waals surface area contributed by atoms with Gasteiger partial charge in [0, 0.05) is 13.1 Å². The average Bonchev–Trinajstić information content (AvgIpc) is 2.42. The average molecular weight is 252 g/mol. The van der Waals surface area contributed by atoms with Gasteiger partial charge in [-0.1, -0.05) is 30.3 Å². The van der Waals surface area contributed by atoms with Crippen LogP contribution in [0.4, 0.5) is 9.59 Å². The zero-order valence-corrected chi connectivity index (χ0v) is 10.4. The number of amides is 2. The number of methoxy groups -OCH3 is 1. The predicted octanol–water partition coefficient (Wildman–Crippen LogP) is 1.92. The lowest BCUT2D eigenvalue weighted by Crippen LogP contribution is -2.36. The zero-order valence-electron chi connectivity index (χ0n) is 10.4. The third-order valence-corrected chi connectivity index (χ3v) is 2.26. The molecule has 0 heterocycles. The van der Waals surface area contributed by atoms with E-state index in [0.717, 1.165) is 5.56 Å². The smallest absolute Gasteiger partial charge is 0.440 e. The topological polar surface area (TPSA) is 67.9 Å². The van der Waals surface area contributed by atoms with Crippen LogP contribution in [0.1, 0.15) is 12.5 Å². The van der Waals surface area contributed by atoms with Crippen LogP contribution in [0, 0.1) is 0 Å². The summed E-state index contributed by atoms with van der Waals surface area (Å²) in [6.45, 7) is 2.71. The molecule has 0 atom stereocenters. The maximum absolute atomic E-state index is 11.6. The number of ether oxygens (including phenoxy) is 1. The van der Waals surface area contributed by atoms with Gasteiger partial charge in [0.1, 0.15) is 0 Å². The molecule has 0 spiro atoms. The molecule has 6 nitrogen and oxygen atoms in total. The highest BCUT2D eigenvalue weighted by Gasteiger charge is 2.15. The van der Waals surface area contributed by atoms with E-state index in [1.54, 1.807) is 0 Å². The first kappa shape index (κ1) is 13.8. The minimum Gasteiger partial charge on any atom is -0.451 e. The van der Waals surface area contributed by atoms with Crippen LogP contribution >= 0.6 is 0 Å². The largest absolute Gasteiger partial charge is 0.451 e. The highest BCUT2D eigenvalue weighted by molar-refractivity contribution is 5.71. The minimum atomic E-state index is -0.820. The molecule has 98 valence electrons. The predicted molar refractivity (Wildman–Crippen MR) is 64.5 cm³/mol. The summed E-state index contributed by atoms with van der Waals surface area (Å²) >= 11 is 0. The quantitative estimate of drug-likeness (QED) is 0.834. The number of hydrogen-bond acceptors (Lipinski definition) is 4. The van der Waals surface area contributed by atoms with Crippen molar-refractivity contribution in [1.29, 1.82) is 0 Å². The third-order valence-electron chi connectivity index (χ3n) is 2.26. The van der Waals surface area contributed by atoms with Crippen molar-refractivity contribution in [2.75, 3.05) is 13.7 Å². The maximum atomic E-state index is 11.6. The molecule has 0 aliphatic carbocycles. The Morgan fingerprint density at radius 1 is 1.28 bits per heavy atom. The van der Waals surface area contributed by atoms with Gasteiger partial charge >= 0.3 is 12.2 Å². The van der Waals surface area contributed by atoms with Crippen LogP contribution in [-0.4, -0.2) is 30.7 Å². The summed E-state index contributed by atoms with van der Waals surface area (Å²) in [5, 5.41) is 0. The van der Waals surface area contributed by atoms with Crippen LogP contribution in [0.15, 0.2) is 30.3 Å². The van der Waals surface area contributed by atoms with Gasteiger partial charge in [-0.3, -0.25) is 0 Å². The van der Waals surface area contributed by atoms with Gasteiger partial charge in [0.2, 0.25) is 0 Å². The van der Waals surface area contributed by atoms with E-state index in [9.17, 15) is 9.59 Å². The van der Waals surface area contributed by atoms with Gasteiger partial charge in [0.25, 0.3) is 0 Å². The minimum absolute atomic E-state index is 0.416. The van der Waals surface area contributed by atoms with Crippen molar-refractivity contribution >= 4 is 12.2 Å². The fourth-order valence-corrected chi connectivity index (χ4v) is 1.30. The van der Waals surface area contributed by atoms with E-state index in [-0.39, 0.29) is 0 Å². The van der Waals surface area contributed by atoms with Gasteiger partial charge in [0.05, 0.1) is 7.11 Å². The van der Waals surface area contributed by atoms with Crippen molar-refractivity contribution in [3.63, 3.8) is 0 Å². The molecule has 1 rings (SSSR count). The fraction of sp³-hybridized carbons (Fsp3) is 0.333. The number of hydrogen-bond donors (Lipinski definition) is 1. The normalized spacial score (nSPS) is 9.44. The summed E-state index contributed by atoms with van der Waals surface area (Å²) in [7, 11) is 1.19. The Balaban J connectivity index is 2.50. The molecular weight excluding hydrogens is 236 g/mol. The number of benzene rings is 1. The number of nitrogens with one attached hydrogen (secondary N) is 1. The van der Waals surface area contributed by atoms with Crippen LogP contribution < -0.4 is 5.48 Å².